The summed E-state index contributed by atoms with van der Waals surface area (Å²) in [4.78, 5) is 14.9. The molecule has 0 atom stereocenters. The van der Waals surface area contributed by atoms with E-state index in [1.165, 1.54) is 29.4 Å². The van der Waals surface area contributed by atoms with Crippen LogP contribution in [0.25, 0.3) is 5.82 Å². The zero-order valence-electron chi connectivity index (χ0n) is 8.42. The first-order valence-corrected chi connectivity index (χ1v) is 4.59. The minimum absolute atomic E-state index is 0.200. The van der Waals surface area contributed by atoms with Crippen LogP contribution >= 0.6 is 0 Å². The minimum Gasteiger partial charge on any atom is -0.289 e. The second-order valence-electron chi connectivity index (χ2n) is 3.27. The lowest BCUT2D eigenvalue weighted by molar-refractivity contribution is -0.143. The van der Waals surface area contributed by atoms with Gasteiger partial charge in [0.15, 0.2) is 5.82 Å². The van der Waals surface area contributed by atoms with Crippen molar-refractivity contribution in [2.24, 2.45) is 0 Å². The van der Waals surface area contributed by atoms with E-state index >= 15 is 0 Å². The number of nitrogens with zero attached hydrogens (tertiary/aromatic N) is 4. The van der Waals surface area contributed by atoms with E-state index in [9.17, 15) is 18.0 Å². The Morgan fingerprint density at radius 2 is 2.06 bits per heavy atom. The van der Waals surface area contributed by atoms with Gasteiger partial charge in [0.2, 0.25) is 0 Å². The fraction of sp³-hybridized carbons (Fsp3) is 0.222. The molecule has 2 rings (SSSR count). The van der Waals surface area contributed by atoms with Crippen LogP contribution in [0.15, 0.2) is 35.6 Å². The van der Waals surface area contributed by atoms with Gasteiger partial charge < -0.3 is 0 Å². The monoisotopic (exact) mass is 244 g/mol. The van der Waals surface area contributed by atoms with Gasteiger partial charge in [0, 0.05) is 18.5 Å². The van der Waals surface area contributed by atoms with Gasteiger partial charge in [-0.25, -0.2) is 9.67 Å². The summed E-state index contributed by atoms with van der Waals surface area (Å²) >= 11 is 0. The predicted molar refractivity (Wildman–Crippen MR) is 51.7 cm³/mol. The number of alkyl halides is 3. The standard InChI is InChI=1S/C9H7F3N4O/c10-9(11,12)5-16-8(17)2-1-7(14-16)15-4-3-13-6-15/h1-4,6H,5H2. The Morgan fingerprint density at radius 3 is 2.65 bits per heavy atom. The van der Waals surface area contributed by atoms with Crippen molar-refractivity contribution in [3.05, 3.63) is 41.2 Å². The molecular weight excluding hydrogens is 237 g/mol. The van der Waals surface area contributed by atoms with E-state index in [1.807, 2.05) is 0 Å². The number of imidazole rings is 1. The van der Waals surface area contributed by atoms with Crippen molar-refractivity contribution in [2.75, 3.05) is 0 Å². The van der Waals surface area contributed by atoms with Gasteiger partial charge >= 0.3 is 6.18 Å². The summed E-state index contributed by atoms with van der Waals surface area (Å²) in [5.74, 6) is 0.200. The average Bonchev–Trinajstić information content (AvgIpc) is 2.72. The molecule has 0 bridgehead atoms. The van der Waals surface area contributed by atoms with E-state index < -0.39 is 18.3 Å². The largest absolute Gasteiger partial charge is 0.408 e. The molecule has 2 aromatic heterocycles. The topological polar surface area (TPSA) is 52.7 Å². The Bertz CT molecular complexity index is 558. The summed E-state index contributed by atoms with van der Waals surface area (Å²) in [5.41, 5.74) is -0.800. The summed E-state index contributed by atoms with van der Waals surface area (Å²) < 4.78 is 38.3. The van der Waals surface area contributed by atoms with Crippen LogP contribution in [0.2, 0.25) is 0 Å². The molecule has 0 aliphatic rings. The van der Waals surface area contributed by atoms with Crippen LogP contribution in [0.4, 0.5) is 13.2 Å². The molecule has 0 fully saturated rings. The first-order valence-electron chi connectivity index (χ1n) is 4.59. The molecule has 5 nitrogen and oxygen atoms in total. The molecule has 0 radical (unpaired) electrons. The number of rotatable bonds is 2. The highest BCUT2D eigenvalue weighted by atomic mass is 19.4. The lowest BCUT2D eigenvalue weighted by Gasteiger charge is -2.09. The molecule has 0 aliphatic heterocycles. The summed E-state index contributed by atoms with van der Waals surface area (Å²) in [6.45, 7) is -1.41. The van der Waals surface area contributed by atoms with Crippen LogP contribution < -0.4 is 5.56 Å². The molecule has 8 heteroatoms. The number of hydrogen-bond donors (Lipinski definition) is 0. The number of aromatic nitrogens is 4. The van der Waals surface area contributed by atoms with Gasteiger partial charge in [0.05, 0.1) is 0 Å². The molecule has 0 aromatic carbocycles. The fourth-order valence-corrected chi connectivity index (χ4v) is 1.25. The van der Waals surface area contributed by atoms with Gasteiger partial charge in [-0.05, 0) is 6.07 Å². The fourth-order valence-electron chi connectivity index (χ4n) is 1.25. The minimum atomic E-state index is -4.48. The van der Waals surface area contributed by atoms with Gasteiger partial charge in [0.1, 0.15) is 12.9 Å². The van der Waals surface area contributed by atoms with Crippen molar-refractivity contribution in [3.63, 3.8) is 0 Å². The van der Waals surface area contributed by atoms with Gasteiger partial charge in [-0.2, -0.15) is 18.3 Å². The summed E-state index contributed by atoms with van der Waals surface area (Å²) in [6.07, 6.45) is -0.124. The highest BCUT2D eigenvalue weighted by molar-refractivity contribution is 5.19. The van der Waals surface area contributed by atoms with E-state index in [2.05, 4.69) is 10.1 Å². The summed E-state index contributed by atoms with van der Waals surface area (Å²) in [5, 5.41) is 3.61. The molecular formula is C9H7F3N4O. The van der Waals surface area contributed by atoms with Gasteiger partial charge in [-0.15, -0.1) is 0 Å². The Hall–Kier alpha value is -2.12. The lowest BCUT2D eigenvalue weighted by Crippen LogP contribution is -2.30. The van der Waals surface area contributed by atoms with E-state index in [0.717, 1.165) is 6.07 Å². The smallest absolute Gasteiger partial charge is 0.289 e. The SMILES string of the molecule is O=c1ccc(-n2ccnc2)nn1CC(F)(F)F. The van der Waals surface area contributed by atoms with Crippen molar-refractivity contribution in [1.29, 1.82) is 0 Å². The molecule has 0 N–H and O–H groups in total. The van der Waals surface area contributed by atoms with E-state index in [4.69, 9.17) is 0 Å². The van der Waals surface area contributed by atoms with E-state index in [-0.39, 0.29) is 5.82 Å². The maximum absolute atomic E-state index is 12.2. The second kappa shape index (κ2) is 4.04. The zero-order valence-corrected chi connectivity index (χ0v) is 8.42. The molecule has 0 saturated heterocycles. The first kappa shape index (κ1) is 11.4. The third-order valence-corrected chi connectivity index (χ3v) is 1.95. The van der Waals surface area contributed by atoms with Crippen molar-refractivity contribution in [2.45, 2.75) is 12.7 Å². The molecule has 2 heterocycles. The maximum Gasteiger partial charge on any atom is 0.408 e. The Morgan fingerprint density at radius 1 is 1.29 bits per heavy atom. The van der Waals surface area contributed by atoms with Gasteiger partial charge in [-0.1, -0.05) is 0 Å². The highest BCUT2D eigenvalue weighted by Gasteiger charge is 2.29. The quantitative estimate of drug-likeness (QED) is 0.791. The summed E-state index contributed by atoms with van der Waals surface area (Å²) in [7, 11) is 0. The molecule has 2 aromatic rings. The molecule has 0 saturated carbocycles. The van der Waals surface area contributed by atoms with Crippen LogP contribution in [-0.2, 0) is 6.54 Å². The Balaban J connectivity index is 2.40. The lowest BCUT2D eigenvalue weighted by atomic mass is 10.5. The van der Waals surface area contributed by atoms with Crippen molar-refractivity contribution >= 4 is 0 Å². The number of hydrogen-bond acceptors (Lipinski definition) is 3. The van der Waals surface area contributed by atoms with E-state index in [0.29, 0.717) is 4.68 Å². The zero-order chi connectivity index (χ0) is 12.5. The average molecular weight is 244 g/mol. The van der Waals surface area contributed by atoms with Crippen LogP contribution in [0, 0.1) is 0 Å². The molecule has 0 aliphatic carbocycles. The van der Waals surface area contributed by atoms with Crippen molar-refractivity contribution in [1.82, 2.24) is 19.3 Å². The molecule has 17 heavy (non-hydrogen) atoms. The van der Waals surface area contributed by atoms with E-state index in [1.54, 1.807) is 0 Å². The molecule has 0 unspecified atom stereocenters. The molecule has 90 valence electrons. The normalized spacial score (nSPS) is 11.7. The third-order valence-electron chi connectivity index (χ3n) is 1.95. The van der Waals surface area contributed by atoms with Crippen LogP contribution in [0.5, 0.6) is 0 Å². The van der Waals surface area contributed by atoms with Crippen LogP contribution in [0.3, 0.4) is 0 Å². The van der Waals surface area contributed by atoms with Gasteiger partial charge in [-0.3, -0.25) is 9.36 Å². The Labute approximate surface area is 93.1 Å². The molecule has 0 spiro atoms. The number of halogens is 3. The second-order valence-corrected chi connectivity index (χ2v) is 3.27. The third kappa shape index (κ3) is 2.71. The Kier molecular flexibility index (Phi) is 2.70. The molecule has 0 amide bonds. The maximum atomic E-state index is 12.2. The van der Waals surface area contributed by atoms with Crippen molar-refractivity contribution < 1.29 is 13.2 Å². The predicted octanol–water partition coefficient (Wildman–Crippen LogP) is 0.991. The first-order chi connectivity index (χ1) is 7.96. The highest BCUT2D eigenvalue weighted by Crippen LogP contribution is 2.15. The van der Waals surface area contributed by atoms with Crippen molar-refractivity contribution in [3.8, 4) is 5.82 Å². The summed E-state index contributed by atoms with van der Waals surface area (Å²) in [6, 6.07) is 2.37. The van der Waals surface area contributed by atoms with Crippen LogP contribution in [0.1, 0.15) is 0 Å². The van der Waals surface area contributed by atoms with Gasteiger partial charge in [0.25, 0.3) is 5.56 Å². The van der Waals surface area contributed by atoms with Crippen LogP contribution in [-0.4, -0.2) is 25.5 Å².